The Labute approximate surface area is 142 Å². The molecule has 1 aliphatic carbocycles. The Morgan fingerprint density at radius 3 is 2.65 bits per heavy atom. The molecule has 2 heterocycles. The molecular formula is C18H28N2O2S. The van der Waals surface area contributed by atoms with Gasteiger partial charge in [-0.2, -0.15) is 0 Å². The van der Waals surface area contributed by atoms with Crippen LogP contribution in [0.2, 0.25) is 0 Å². The number of hydrogen-bond acceptors (Lipinski definition) is 4. The Morgan fingerprint density at radius 1 is 1.35 bits per heavy atom. The average molecular weight is 337 g/mol. The number of nitrogens with zero attached hydrogens (tertiary/aromatic N) is 1. The van der Waals surface area contributed by atoms with Crippen molar-refractivity contribution in [2.24, 2.45) is 0 Å². The van der Waals surface area contributed by atoms with Gasteiger partial charge in [-0.3, -0.25) is 4.79 Å². The number of hydrogen-bond donors (Lipinski definition) is 2. The highest BCUT2D eigenvalue weighted by atomic mass is 32.1. The molecule has 0 spiro atoms. The van der Waals surface area contributed by atoms with Gasteiger partial charge in [0, 0.05) is 25.7 Å². The minimum Gasteiger partial charge on any atom is -0.389 e. The van der Waals surface area contributed by atoms with Crippen molar-refractivity contribution in [3.8, 4) is 0 Å². The predicted molar refractivity (Wildman–Crippen MR) is 94.0 cm³/mol. The average Bonchev–Trinajstić information content (AvgIpc) is 2.96. The lowest BCUT2D eigenvalue weighted by Crippen LogP contribution is -2.50. The molecule has 1 saturated heterocycles. The van der Waals surface area contributed by atoms with Gasteiger partial charge in [0.1, 0.15) is 0 Å². The number of likely N-dealkylation sites (tertiary alicyclic amines) is 1. The van der Waals surface area contributed by atoms with E-state index in [2.05, 4.69) is 10.2 Å². The van der Waals surface area contributed by atoms with E-state index in [4.69, 9.17) is 0 Å². The van der Waals surface area contributed by atoms with Gasteiger partial charge in [0.05, 0.1) is 10.5 Å². The van der Waals surface area contributed by atoms with Crippen LogP contribution in [0, 0.1) is 6.92 Å². The summed E-state index contributed by atoms with van der Waals surface area (Å²) in [5.41, 5.74) is 0.590. The zero-order valence-corrected chi connectivity index (χ0v) is 14.8. The Bertz CT molecular complexity index is 529. The summed E-state index contributed by atoms with van der Waals surface area (Å²) in [6, 6.07) is 2.26. The number of carbonyl (C=O) groups is 1. The van der Waals surface area contributed by atoms with Crippen molar-refractivity contribution < 1.29 is 9.90 Å². The molecule has 2 aliphatic rings. The third-order valence-electron chi connectivity index (χ3n) is 5.29. The maximum atomic E-state index is 12.3. The second-order valence-corrected chi connectivity index (χ2v) is 8.16. The van der Waals surface area contributed by atoms with Gasteiger partial charge in [-0.25, -0.2) is 0 Å². The molecule has 0 radical (unpaired) electrons. The van der Waals surface area contributed by atoms with Crippen molar-refractivity contribution in [3.63, 3.8) is 0 Å². The first-order valence-electron chi connectivity index (χ1n) is 8.85. The van der Waals surface area contributed by atoms with E-state index in [-0.39, 0.29) is 11.9 Å². The lowest BCUT2D eigenvalue weighted by atomic mass is 9.84. The number of nitrogens with one attached hydrogen (secondary N) is 1. The third kappa shape index (κ3) is 4.34. The Kier molecular flexibility index (Phi) is 5.39. The van der Waals surface area contributed by atoms with Crippen LogP contribution in [0.15, 0.2) is 11.4 Å². The fourth-order valence-corrected chi connectivity index (χ4v) is 4.70. The van der Waals surface area contributed by atoms with E-state index in [1.807, 2.05) is 18.4 Å². The first-order valence-corrected chi connectivity index (χ1v) is 9.73. The van der Waals surface area contributed by atoms with Crippen molar-refractivity contribution >= 4 is 17.2 Å². The van der Waals surface area contributed by atoms with E-state index < -0.39 is 5.60 Å². The number of β-amino-alcohol motifs (C(OH)–C–C–N with tert-alkyl or cyclic N) is 1. The van der Waals surface area contributed by atoms with E-state index in [1.165, 1.54) is 17.8 Å². The quantitative estimate of drug-likeness (QED) is 0.889. The molecular weight excluding hydrogens is 308 g/mol. The van der Waals surface area contributed by atoms with Gasteiger partial charge in [0.25, 0.3) is 5.91 Å². The van der Waals surface area contributed by atoms with Crippen LogP contribution in [-0.4, -0.2) is 47.2 Å². The molecule has 1 aromatic heterocycles. The highest BCUT2D eigenvalue weighted by Crippen LogP contribution is 2.29. The Hall–Kier alpha value is -0.910. The number of thiophene rings is 1. The molecule has 1 aromatic rings. The lowest BCUT2D eigenvalue weighted by Gasteiger charge is -2.40. The number of rotatable bonds is 4. The van der Waals surface area contributed by atoms with Gasteiger partial charge in [-0.05, 0) is 49.6 Å². The number of amides is 1. The minimum atomic E-state index is -0.470. The summed E-state index contributed by atoms with van der Waals surface area (Å²) in [5.74, 6) is 0.0712. The number of aliphatic hydroxyl groups is 1. The standard InChI is InChI=1S/C18H28N2O2S/c1-14-7-12-23-16(14)17(21)19-15-5-10-20(11-6-15)13-18(22)8-3-2-4-9-18/h7,12,15,22H,2-6,8-11,13H2,1H3,(H,19,21). The van der Waals surface area contributed by atoms with E-state index in [0.29, 0.717) is 0 Å². The molecule has 5 heteroatoms. The molecule has 2 fully saturated rings. The van der Waals surface area contributed by atoms with E-state index in [0.717, 1.165) is 68.6 Å². The Morgan fingerprint density at radius 2 is 2.04 bits per heavy atom. The van der Waals surface area contributed by atoms with E-state index in [9.17, 15) is 9.90 Å². The van der Waals surface area contributed by atoms with Crippen molar-refractivity contribution in [2.75, 3.05) is 19.6 Å². The smallest absolute Gasteiger partial charge is 0.261 e. The van der Waals surface area contributed by atoms with Crippen LogP contribution in [-0.2, 0) is 0 Å². The van der Waals surface area contributed by atoms with Gasteiger partial charge in [0.15, 0.2) is 0 Å². The maximum Gasteiger partial charge on any atom is 0.261 e. The fraction of sp³-hybridized carbons (Fsp3) is 0.722. The summed E-state index contributed by atoms with van der Waals surface area (Å²) in [5, 5.41) is 15.8. The van der Waals surface area contributed by atoms with Crippen molar-refractivity contribution in [2.45, 2.75) is 63.5 Å². The van der Waals surface area contributed by atoms with Crippen LogP contribution < -0.4 is 5.32 Å². The molecule has 1 saturated carbocycles. The second kappa shape index (κ2) is 7.32. The fourth-order valence-electron chi connectivity index (χ4n) is 3.88. The molecule has 0 unspecified atom stereocenters. The van der Waals surface area contributed by atoms with Crippen LogP contribution >= 0.6 is 11.3 Å². The first-order chi connectivity index (χ1) is 11.1. The number of piperidine rings is 1. The van der Waals surface area contributed by atoms with Crippen molar-refractivity contribution in [1.29, 1.82) is 0 Å². The number of carbonyl (C=O) groups excluding carboxylic acids is 1. The minimum absolute atomic E-state index is 0.0712. The van der Waals surface area contributed by atoms with E-state index >= 15 is 0 Å². The summed E-state index contributed by atoms with van der Waals surface area (Å²) in [6.07, 6.45) is 7.42. The third-order valence-corrected chi connectivity index (χ3v) is 6.31. The van der Waals surface area contributed by atoms with Crippen molar-refractivity contribution in [3.05, 3.63) is 21.9 Å². The van der Waals surface area contributed by atoms with Gasteiger partial charge >= 0.3 is 0 Å². The zero-order valence-electron chi connectivity index (χ0n) is 14.0. The van der Waals surface area contributed by atoms with Gasteiger partial charge in [-0.1, -0.05) is 19.3 Å². The van der Waals surface area contributed by atoms with Crippen LogP contribution in [0.4, 0.5) is 0 Å². The largest absolute Gasteiger partial charge is 0.389 e. The topological polar surface area (TPSA) is 52.6 Å². The first kappa shape index (κ1) is 16.9. The maximum absolute atomic E-state index is 12.3. The molecule has 128 valence electrons. The monoisotopic (exact) mass is 336 g/mol. The van der Waals surface area contributed by atoms with Gasteiger partial charge in [0.2, 0.25) is 0 Å². The summed E-state index contributed by atoms with van der Waals surface area (Å²) < 4.78 is 0. The molecule has 3 rings (SSSR count). The predicted octanol–water partition coefficient (Wildman–Crippen LogP) is 2.95. The highest BCUT2D eigenvalue weighted by Gasteiger charge is 2.33. The second-order valence-electron chi connectivity index (χ2n) is 7.24. The van der Waals surface area contributed by atoms with Crippen LogP contribution in [0.25, 0.3) is 0 Å². The Balaban J connectivity index is 1.45. The summed E-state index contributed by atoms with van der Waals surface area (Å²) >= 11 is 1.51. The normalized spacial score (nSPS) is 22.9. The van der Waals surface area contributed by atoms with Gasteiger partial charge in [-0.15, -0.1) is 11.3 Å². The molecule has 2 N–H and O–H groups in total. The lowest BCUT2D eigenvalue weighted by molar-refractivity contribution is -0.0312. The van der Waals surface area contributed by atoms with Crippen LogP contribution in [0.1, 0.15) is 60.2 Å². The summed E-state index contributed by atoms with van der Waals surface area (Å²) in [4.78, 5) is 15.5. The SMILES string of the molecule is Cc1ccsc1C(=O)NC1CCN(CC2(O)CCCCC2)CC1. The van der Waals surface area contributed by atoms with E-state index in [1.54, 1.807) is 0 Å². The van der Waals surface area contributed by atoms with Crippen LogP contribution in [0.3, 0.4) is 0 Å². The summed E-state index contributed by atoms with van der Waals surface area (Å²) in [7, 11) is 0. The van der Waals surface area contributed by atoms with Crippen LogP contribution in [0.5, 0.6) is 0 Å². The number of aryl methyl sites for hydroxylation is 1. The molecule has 4 nitrogen and oxygen atoms in total. The molecule has 0 atom stereocenters. The molecule has 0 bridgehead atoms. The molecule has 1 amide bonds. The molecule has 0 aromatic carbocycles. The molecule has 23 heavy (non-hydrogen) atoms. The highest BCUT2D eigenvalue weighted by molar-refractivity contribution is 7.12. The van der Waals surface area contributed by atoms with Crippen molar-refractivity contribution in [1.82, 2.24) is 10.2 Å². The summed E-state index contributed by atoms with van der Waals surface area (Å²) in [6.45, 7) is 4.73. The molecule has 1 aliphatic heterocycles. The van der Waals surface area contributed by atoms with Gasteiger partial charge < -0.3 is 15.3 Å². The zero-order chi connectivity index (χ0) is 16.3.